The molecule has 0 spiro atoms. The summed E-state index contributed by atoms with van der Waals surface area (Å²) in [6.07, 6.45) is 4.90. The van der Waals surface area contributed by atoms with E-state index in [2.05, 4.69) is 23.9 Å². The van der Waals surface area contributed by atoms with E-state index in [0.29, 0.717) is 13.0 Å². The van der Waals surface area contributed by atoms with Crippen LogP contribution in [0.3, 0.4) is 0 Å². The molecule has 0 saturated heterocycles. The summed E-state index contributed by atoms with van der Waals surface area (Å²) in [4.78, 5) is 0. The summed E-state index contributed by atoms with van der Waals surface area (Å²) in [7, 11) is -3.04. The second kappa shape index (κ2) is 10.1. The van der Waals surface area contributed by atoms with Crippen LogP contribution in [0.25, 0.3) is 0 Å². The van der Waals surface area contributed by atoms with Crippen LogP contribution in [0.15, 0.2) is 0 Å². The van der Waals surface area contributed by atoms with Crippen LogP contribution in [0.2, 0.25) is 0 Å². The van der Waals surface area contributed by atoms with E-state index in [9.17, 15) is 8.42 Å². The van der Waals surface area contributed by atoms with Crippen molar-refractivity contribution in [2.24, 2.45) is 0 Å². The van der Waals surface area contributed by atoms with Gasteiger partial charge in [-0.2, -0.15) is 0 Å². The Bertz CT molecular complexity index is 240. The molecule has 0 aliphatic rings. The minimum atomic E-state index is -3.04. The van der Waals surface area contributed by atoms with Crippen LogP contribution >= 0.6 is 0 Å². The van der Waals surface area contributed by atoms with Crippen molar-refractivity contribution < 1.29 is 8.42 Å². The second-order valence-electron chi connectivity index (χ2n) is 4.02. The van der Waals surface area contributed by atoms with Crippen molar-refractivity contribution in [3.63, 3.8) is 0 Å². The van der Waals surface area contributed by atoms with Crippen molar-refractivity contribution >= 4 is 10.0 Å². The molecule has 0 aromatic heterocycles. The smallest absolute Gasteiger partial charge is 0.211 e. The number of unbranched alkanes of at least 4 members (excludes halogenated alkanes) is 2. The van der Waals surface area contributed by atoms with Crippen molar-refractivity contribution in [3.8, 4) is 0 Å². The van der Waals surface area contributed by atoms with Gasteiger partial charge < -0.3 is 5.32 Å². The van der Waals surface area contributed by atoms with E-state index in [0.717, 1.165) is 38.8 Å². The lowest BCUT2D eigenvalue weighted by atomic mass is 10.3. The SMILES string of the molecule is CCCCCNS(=O)(=O)CCCNCCC. The second-order valence-corrected chi connectivity index (χ2v) is 5.95. The topological polar surface area (TPSA) is 58.2 Å². The van der Waals surface area contributed by atoms with Crippen LogP contribution < -0.4 is 10.0 Å². The Morgan fingerprint density at radius 3 is 2.25 bits per heavy atom. The molecule has 0 bridgehead atoms. The summed E-state index contributed by atoms with van der Waals surface area (Å²) in [6.45, 7) is 6.53. The van der Waals surface area contributed by atoms with Gasteiger partial charge in [-0.25, -0.2) is 13.1 Å². The zero-order chi connectivity index (χ0) is 12.3. The van der Waals surface area contributed by atoms with Gasteiger partial charge in [0.25, 0.3) is 0 Å². The average Bonchev–Trinajstić information content (AvgIpc) is 2.24. The highest BCUT2D eigenvalue weighted by Crippen LogP contribution is 1.94. The maximum absolute atomic E-state index is 11.5. The van der Waals surface area contributed by atoms with Gasteiger partial charge in [-0.05, 0) is 32.4 Å². The Morgan fingerprint density at radius 1 is 0.875 bits per heavy atom. The third-order valence-electron chi connectivity index (χ3n) is 2.30. The minimum Gasteiger partial charge on any atom is -0.317 e. The first kappa shape index (κ1) is 15.9. The van der Waals surface area contributed by atoms with Gasteiger partial charge in [0.15, 0.2) is 0 Å². The third kappa shape index (κ3) is 10.4. The van der Waals surface area contributed by atoms with Gasteiger partial charge in [0.05, 0.1) is 5.75 Å². The summed E-state index contributed by atoms with van der Waals surface area (Å²) in [6, 6.07) is 0. The molecule has 0 fully saturated rings. The summed E-state index contributed by atoms with van der Waals surface area (Å²) >= 11 is 0. The minimum absolute atomic E-state index is 0.232. The molecular formula is C11H26N2O2S. The first-order chi connectivity index (χ1) is 7.62. The Balaban J connectivity index is 3.47. The quantitative estimate of drug-likeness (QED) is 0.546. The van der Waals surface area contributed by atoms with Crippen LogP contribution in [-0.4, -0.2) is 33.8 Å². The van der Waals surface area contributed by atoms with E-state index in [1.165, 1.54) is 0 Å². The van der Waals surface area contributed by atoms with Gasteiger partial charge in [0.2, 0.25) is 10.0 Å². The number of nitrogens with one attached hydrogen (secondary N) is 2. The van der Waals surface area contributed by atoms with E-state index in [4.69, 9.17) is 0 Å². The summed E-state index contributed by atoms with van der Waals surface area (Å²) in [5.41, 5.74) is 0. The normalized spacial score (nSPS) is 11.9. The number of sulfonamides is 1. The van der Waals surface area contributed by atoms with Gasteiger partial charge in [0, 0.05) is 6.54 Å². The highest BCUT2D eigenvalue weighted by Gasteiger charge is 2.07. The van der Waals surface area contributed by atoms with Gasteiger partial charge in [-0.15, -0.1) is 0 Å². The molecule has 0 aliphatic carbocycles. The van der Waals surface area contributed by atoms with E-state index >= 15 is 0 Å². The molecule has 0 unspecified atom stereocenters. The molecule has 0 radical (unpaired) electrons. The fraction of sp³-hybridized carbons (Fsp3) is 1.00. The summed E-state index contributed by atoms with van der Waals surface area (Å²) in [5.74, 6) is 0.232. The Kier molecular flexibility index (Phi) is 9.97. The zero-order valence-corrected chi connectivity index (χ0v) is 11.4. The molecule has 0 heterocycles. The van der Waals surface area contributed by atoms with Crippen LogP contribution in [0.4, 0.5) is 0 Å². The highest BCUT2D eigenvalue weighted by atomic mass is 32.2. The lowest BCUT2D eigenvalue weighted by Crippen LogP contribution is -2.29. The summed E-state index contributed by atoms with van der Waals surface area (Å²) in [5, 5.41) is 3.19. The number of hydrogen-bond acceptors (Lipinski definition) is 3. The van der Waals surface area contributed by atoms with E-state index in [-0.39, 0.29) is 5.75 Å². The zero-order valence-electron chi connectivity index (χ0n) is 10.6. The Labute approximate surface area is 100 Å². The lowest BCUT2D eigenvalue weighted by molar-refractivity contribution is 0.569. The molecule has 0 rings (SSSR count). The first-order valence-corrected chi connectivity index (χ1v) is 7.95. The van der Waals surface area contributed by atoms with Crippen molar-refractivity contribution in [1.29, 1.82) is 0 Å². The fourth-order valence-electron chi connectivity index (χ4n) is 1.36. The van der Waals surface area contributed by atoms with E-state index < -0.39 is 10.0 Å². The first-order valence-electron chi connectivity index (χ1n) is 6.30. The van der Waals surface area contributed by atoms with Crippen molar-refractivity contribution in [1.82, 2.24) is 10.0 Å². The van der Waals surface area contributed by atoms with Gasteiger partial charge >= 0.3 is 0 Å². The molecule has 0 aliphatic heterocycles. The van der Waals surface area contributed by atoms with Crippen LogP contribution in [-0.2, 0) is 10.0 Å². The lowest BCUT2D eigenvalue weighted by Gasteiger charge is -2.06. The average molecular weight is 250 g/mol. The van der Waals surface area contributed by atoms with Gasteiger partial charge in [-0.3, -0.25) is 0 Å². The van der Waals surface area contributed by atoms with Crippen LogP contribution in [0.1, 0.15) is 46.0 Å². The van der Waals surface area contributed by atoms with Crippen LogP contribution in [0, 0.1) is 0 Å². The molecule has 0 aromatic rings. The standard InChI is InChI=1S/C11H26N2O2S/c1-3-5-6-10-13-16(14,15)11-7-9-12-8-4-2/h12-13H,3-11H2,1-2H3. The van der Waals surface area contributed by atoms with Crippen molar-refractivity contribution in [2.75, 3.05) is 25.4 Å². The fourth-order valence-corrected chi connectivity index (χ4v) is 2.49. The van der Waals surface area contributed by atoms with E-state index in [1.807, 2.05) is 0 Å². The maximum atomic E-state index is 11.5. The molecule has 4 nitrogen and oxygen atoms in total. The predicted molar refractivity (Wildman–Crippen MR) is 69.1 cm³/mol. The van der Waals surface area contributed by atoms with Gasteiger partial charge in [0.1, 0.15) is 0 Å². The van der Waals surface area contributed by atoms with Crippen molar-refractivity contribution in [3.05, 3.63) is 0 Å². The molecule has 0 amide bonds. The monoisotopic (exact) mass is 250 g/mol. The Hall–Kier alpha value is -0.130. The van der Waals surface area contributed by atoms with Crippen LogP contribution in [0.5, 0.6) is 0 Å². The molecule has 0 saturated carbocycles. The highest BCUT2D eigenvalue weighted by molar-refractivity contribution is 7.89. The predicted octanol–water partition coefficient (Wildman–Crippen LogP) is 1.49. The molecule has 5 heteroatoms. The Morgan fingerprint density at radius 2 is 1.62 bits per heavy atom. The molecular weight excluding hydrogens is 224 g/mol. The molecule has 98 valence electrons. The molecule has 0 atom stereocenters. The maximum Gasteiger partial charge on any atom is 0.211 e. The van der Waals surface area contributed by atoms with Gasteiger partial charge in [-0.1, -0.05) is 26.7 Å². The van der Waals surface area contributed by atoms with E-state index in [1.54, 1.807) is 0 Å². The molecule has 0 aromatic carbocycles. The molecule has 2 N–H and O–H groups in total. The van der Waals surface area contributed by atoms with Crippen molar-refractivity contribution in [2.45, 2.75) is 46.0 Å². The summed E-state index contributed by atoms with van der Waals surface area (Å²) < 4.78 is 25.6. The molecule has 16 heavy (non-hydrogen) atoms. The largest absolute Gasteiger partial charge is 0.317 e. The number of hydrogen-bond donors (Lipinski definition) is 2. The third-order valence-corrected chi connectivity index (χ3v) is 3.77. The number of rotatable bonds is 11.